The lowest BCUT2D eigenvalue weighted by Crippen LogP contribution is -2.12. The predicted molar refractivity (Wildman–Crippen MR) is 80.2 cm³/mol. The lowest BCUT2D eigenvalue weighted by atomic mass is 9.95. The topological polar surface area (TPSA) is 48.7 Å². The van der Waals surface area contributed by atoms with Crippen molar-refractivity contribution in [1.82, 2.24) is 4.98 Å². The number of nitrogens with zero attached hydrogens (tertiary/aromatic N) is 2. The summed E-state index contributed by atoms with van der Waals surface area (Å²) >= 11 is 1.71. The van der Waals surface area contributed by atoms with Crippen LogP contribution in [0.5, 0.6) is 0 Å². The molecular weight excluding hydrogens is 254 g/mol. The van der Waals surface area contributed by atoms with Gasteiger partial charge in [-0.3, -0.25) is 0 Å². The molecule has 0 saturated heterocycles. The molecule has 19 heavy (non-hydrogen) atoms. The molecule has 1 aliphatic carbocycles. The molecule has 0 bridgehead atoms. The number of nitrogens with one attached hydrogen (secondary N) is 1. The summed E-state index contributed by atoms with van der Waals surface area (Å²) in [7, 11) is 0. The fourth-order valence-electron chi connectivity index (χ4n) is 2.23. The number of aromatic nitrogens is 1. The molecule has 0 fully saturated rings. The Morgan fingerprint density at radius 3 is 3.05 bits per heavy atom. The molecule has 1 aliphatic rings. The van der Waals surface area contributed by atoms with Crippen LogP contribution in [-0.4, -0.2) is 23.0 Å². The Morgan fingerprint density at radius 1 is 1.42 bits per heavy atom. The number of fused-ring (bicyclic) bond motifs is 1. The molecule has 3 nitrogen and oxygen atoms in total. The van der Waals surface area contributed by atoms with Gasteiger partial charge in [-0.15, -0.1) is 18.2 Å². The lowest BCUT2D eigenvalue weighted by molar-refractivity contribution is 0.668. The molecule has 0 aliphatic heterocycles. The molecule has 1 heterocycles. The van der Waals surface area contributed by atoms with Crippen molar-refractivity contribution in [3.63, 3.8) is 0 Å². The summed E-state index contributed by atoms with van der Waals surface area (Å²) in [6.07, 6.45) is 9.68. The van der Waals surface area contributed by atoms with Crippen molar-refractivity contribution in [2.24, 2.45) is 0 Å². The molecule has 1 aromatic rings. The number of pyridine rings is 1. The van der Waals surface area contributed by atoms with Gasteiger partial charge in [0.15, 0.2) is 0 Å². The maximum absolute atomic E-state index is 9.20. The van der Waals surface area contributed by atoms with Crippen LogP contribution in [0.25, 0.3) is 0 Å². The average molecular weight is 271 g/mol. The number of terminal acetylenes is 1. The molecular formula is C15H17N3S. The van der Waals surface area contributed by atoms with Crippen molar-refractivity contribution in [3.05, 3.63) is 22.9 Å². The van der Waals surface area contributed by atoms with E-state index in [9.17, 15) is 5.26 Å². The Bertz CT molecular complexity index is 525. The summed E-state index contributed by atoms with van der Waals surface area (Å²) < 4.78 is 0. The number of rotatable bonds is 5. The smallest absolute Gasteiger partial charge is 0.144 e. The number of anilines is 1. The van der Waals surface area contributed by atoms with E-state index in [4.69, 9.17) is 6.42 Å². The van der Waals surface area contributed by atoms with Crippen LogP contribution in [0.3, 0.4) is 0 Å². The maximum atomic E-state index is 9.20. The highest BCUT2D eigenvalue weighted by Crippen LogP contribution is 2.24. The van der Waals surface area contributed by atoms with E-state index in [1.807, 2.05) is 6.07 Å². The first-order valence-corrected chi connectivity index (χ1v) is 7.68. The van der Waals surface area contributed by atoms with Crippen molar-refractivity contribution in [2.45, 2.75) is 25.7 Å². The molecule has 0 spiro atoms. The number of hydrogen-bond acceptors (Lipinski definition) is 4. The van der Waals surface area contributed by atoms with E-state index in [1.165, 1.54) is 18.4 Å². The SMILES string of the molecule is C#CCSCCNc1nc2c(cc1C#N)CCCC2. The van der Waals surface area contributed by atoms with Gasteiger partial charge < -0.3 is 5.32 Å². The number of hydrogen-bond donors (Lipinski definition) is 1. The zero-order valence-corrected chi connectivity index (χ0v) is 11.7. The quantitative estimate of drug-likeness (QED) is 0.660. The average Bonchev–Trinajstić information content (AvgIpc) is 2.46. The molecule has 0 atom stereocenters. The monoisotopic (exact) mass is 271 g/mol. The van der Waals surface area contributed by atoms with Gasteiger partial charge in [-0.05, 0) is 37.3 Å². The van der Waals surface area contributed by atoms with Gasteiger partial charge in [0.1, 0.15) is 11.9 Å². The summed E-state index contributed by atoms with van der Waals surface area (Å²) in [5.41, 5.74) is 3.06. The van der Waals surface area contributed by atoms with E-state index < -0.39 is 0 Å². The second kappa shape index (κ2) is 7.07. The number of nitriles is 1. The van der Waals surface area contributed by atoms with Crippen LogP contribution in [-0.2, 0) is 12.8 Å². The Labute approximate surface area is 118 Å². The third-order valence-electron chi connectivity index (χ3n) is 3.15. The third-order valence-corrected chi connectivity index (χ3v) is 4.01. The molecule has 98 valence electrons. The van der Waals surface area contributed by atoms with Crippen LogP contribution < -0.4 is 5.32 Å². The molecule has 0 amide bonds. The van der Waals surface area contributed by atoms with Crippen molar-refractivity contribution >= 4 is 17.6 Å². The summed E-state index contributed by atoms with van der Waals surface area (Å²) in [6, 6.07) is 4.23. The molecule has 1 N–H and O–H groups in total. The highest BCUT2D eigenvalue weighted by atomic mass is 32.2. The van der Waals surface area contributed by atoms with E-state index in [1.54, 1.807) is 11.8 Å². The zero-order valence-electron chi connectivity index (χ0n) is 10.9. The minimum absolute atomic E-state index is 0.655. The fraction of sp³-hybridized carbons (Fsp3) is 0.467. The van der Waals surface area contributed by atoms with Gasteiger partial charge in [0.2, 0.25) is 0 Å². The van der Waals surface area contributed by atoms with Gasteiger partial charge in [0.25, 0.3) is 0 Å². The predicted octanol–water partition coefficient (Wildman–Crippen LogP) is 2.61. The first-order valence-electron chi connectivity index (χ1n) is 6.53. The maximum Gasteiger partial charge on any atom is 0.144 e. The standard InChI is InChI=1S/C15H17N3S/c1-2-8-19-9-7-17-15-13(11-16)10-12-5-3-4-6-14(12)18-15/h1,10H,3-9H2,(H,17,18). The van der Waals surface area contributed by atoms with Crippen LogP contribution in [0.4, 0.5) is 5.82 Å². The Balaban J connectivity index is 2.03. The van der Waals surface area contributed by atoms with Gasteiger partial charge in [-0.2, -0.15) is 5.26 Å². The summed E-state index contributed by atoms with van der Waals surface area (Å²) in [5, 5.41) is 12.4. The summed E-state index contributed by atoms with van der Waals surface area (Å²) in [6.45, 7) is 0.785. The van der Waals surface area contributed by atoms with E-state index >= 15 is 0 Å². The fourth-order valence-corrected chi connectivity index (χ4v) is 2.73. The molecule has 0 aromatic carbocycles. The van der Waals surface area contributed by atoms with E-state index in [0.717, 1.165) is 42.4 Å². The van der Waals surface area contributed by atoms with Crippen LogP contribution in [0, 0.1) is 23.7 Å². The molecule has 1 aromatic heterocycles. The molecule has 0 saturated carbocycles. The number of aryl methyl sites for hydroxylation is 2. The first kappa shape index (κ1) is 13.8. The Morgan fingerprint density at radius 2 is 2.26 bits per heavy atom. The Kier molecular flexibility index (Phi) is 5.12. The third kappa shape index (κ3) is 3.66. The Hall–Kier alpha value is -1.65. The largest absolute Gasteiger partial charge is 0.368 e. The number of thioether (sulfide) groups is 1. The second-order valence-electron chi connectivity index (χ2n) is 4.49. The van der Waals surface area contributed by atoms with Crippen molar-refractivity contribution in [3.8, 4) is 18.4 Å². The van der Waals surface area contributed by atoms with Crippen LogP contribution in [0.2, 0.25) is 0 Å². The van der Waals surface area contributed by atoms with Crippen molar-refractivity contribution in [2.75, 3.05) is 23.4 Å². The molecule has 4 heteroatoms. The highest BCUT2D eigenvalue weighted by molar-refractivity contribution is 7.99. The zero-order chi connectivity index (χ0) is 13.5. The van der Waals surface area contributed by atoms with Gasteiger partial charge in [0.05, 0.1) is 11.3 Å². The minimum Gasteiger partial charge on any atom is -0.368 e. The van der Waals surface area contributed by atoms with E-state index in [0.29, 0.717) is 5.56 Å². The molecule has 0 unspecified atom stereocenters. The van der Waals surface area contributed by atoms with Crippen molar-refractivity contribution in [1.29, 1.82) is 5.26 Å². The van der Waals surface area contributed by atoms with Gasteiger partial charge in [-0.1, -0.05) is 5.92 Å². The van der Waals surface area contributed by atoms with Gasteiger partial charge >= 0.3 is 0 Å². The minimum atomic E-state index is 0.655. The van der Waals surface area contributed by atoms with Crippen LogP contribution in [0.1, 0.15) is 29.7 Å². The summed E-state index contributed by atoms with van der Waals surface area (Å²) in [4.78, 5) is 4.62. The lowest BCUT2D eigenvalue weighted by Gasteiger charge is -2.17. The van der Waals surface area contributed by atoms with E-state index in [2.05, 4.69) is 22.3 Å². The molecule has 2 rings (SSSR count). The van der Waals surface area contributed by atoms with Gasteiger partial charge in [-0.25, -0.2) is 4.98 Å². The second-order valence-corrected chi connectivity index (χ2v) is 5.60. The first-order chi connectivity index (χ1) is 9.35. The van der Waals surface area contributed by atoms with Crippen LogP contribution in [0.15, 0.2) is 6.07 Å². The van der Waals surface area contributed by atoms with E-state index in [-0.39, 0.29) is 0 Å². The van der Waals surface area contributed by atoms with Crippen molar-refractivity contribution < 1.29 is 0 Å². The van der Waals surface area contributed by atoms with Crippen LogP contribution >= 0.6 is 11.8 Å². The molecule has 0 radical (unpaired) electrons. The normalized spacial score (nSPS) is 13.2. The summed E-state index contributed by atoms with van der Waals surface area (Å²) in [5.74, 6) is 4.97. The highest BCUT2D eigenvalue weighted by Gasteiger charge is 2.14. The van der Waals surface area contributed by atoms with Gasteiger partial charge in [0, 0.05) is 18.0 Å².